The van der Waals surface area contributed by atoms with Gasteiger partial charge in [0.15, 0.2) is 0 Å². The molecule has 1 unspecified atom stereocenters. The number of fused-ring (bicyclic) bond motifs is 2. The van der Waals surface area contributed by atoms with Crippen LogP contribution < -0.4 is 15.4 Å². The predicted molar refractivity (Wildman–Crippen MR) is 139 cm³/mol. The fourth-order valence-corrected chi connectivity index (χ4v) is 5.38. The highest BCUT2D eigenvalue weighted by Crippen LogP contribution is 2.42. The average Bonchev–Trinajstić information content (AvgIpc) is 3.55. The zero-order chi connectivity index (χ0) is 24.3. The van der Waals surface area contributed by atoms with Gasteiger partial charge in [-0.05, 0) is 43.2 Å². The molecule has 0 bridgehead atoms. The van der Waals surface area contributed by atoms with Crippen molar-refractivity contribution in [1.82, 2.24) is 19.3 Å². The van der Waals surface area contributed by atoms with E-state index in [1.807, 2.05) is 45.7 Å². The highest BCUT2D eigenvalue weighted by molar-refractivity contribution is 5.97. The first-order valence-electron chi connectivity index (χ1n) is 12.1. The number of ether oxygens (including phenoxy) is 1. The van der Waals surface area contributed by atoms with Crippen LogP contribution in [0.3, 0.4) is 0 Å². The van der Waals surface area contributed by atoms with Gasteiger partial charge in [0.25, 0.3) is 5.56 Å². The minimum absolute atomic E-state index is 0.0461. The van der Waals surface area contributed by atoms with Gasteiger partial charge in [-0.3, -0.25) is 14.5 Å². The maximum atomic E-state index is 12.8. The molecule has 8 nitrogen and oxygen atoms in total. The van der Waals surface area contributed by atoms with Crippen molar-refractivity contribution >= 4 is 28.0 Å². The second-order valence-corrected chi connectivity index (χ2v) is 9.76. The molecule has 1 aromatic carbocycles. The summed E-state index contributed by atoms with van der Waals surface area (Å²) in [7, 11) is 5.91. The highest BCUT2D eigenvalue weighted by atomic mass is 16.5. The van der Waals surface area contributed by atoms with Gasteiger partial charge in [0.1, 0.15) is 0 Å². The Morgan fingerprint density at radius 1 is 1.00 bits per heavy atom. The molecule has 0 saturated carbocycles. The van der Waals surface area contributed by atoms with Crippen LogP contribution in [-0.2, 0) is 18.8 Å². The summed E-state index contributed by atoms with van der Waals surface area (Å²) >= 11 is 0. The first-order valence-corrected chi connectivity index (χ1v) is 12.1. The smallest absolute Gasteiger partial charge is 0.253 e. The molecule has 180 valence electrons. The molecule has 0 radical (unpaired) electrons. The number of likely N-dealkylation sites (N-methyl/N-ethyl adjacent to an activating group) is 1. The summed E-state index contributed by atoms with van der Waals surface area (Å²) in [5, 5.41) is 5.39. The number of anilines is 3. The fourth-order valence-electron chi connectivity index (χ4n) is 5.38. The second kappa shape index (κ2) is 8.23. The number of benzene rings is 1. The topological polar surface area (TPSA) is 68.4 Å². The van der Waals surface area contributed by atoms with Crippen molar-refractivity contribution in [3.63, 3.8) is 0 Å². The van der Waals surface area contributed by atoms with Gasteiger partial charge in [-0.15, -0.1) is 0 Å². The predicted octanol–water partition coefficient (Wildman–Crippen LogP) is 3.73. The van der Waals surface area contributed by atoms with Crippen molar-refractivity contribution < 1.29 is 4.74 Å². The molecule has 0 N–H and O–H groups in total. The maximum absolute atomic E-state index is 12.8. The maximum Gasteiger partial charge on any atom is 0.253 e. The van der Waals surface area contributed by atoms with E-state index in [1.165, 1.54) is 5.56 Å². The third kappa shape index (κ3) is 3.60. The van der Waals surface area contributed by atoms with Gasteiger partial charge < -0.3 is 19.1 Å². The average molecular weight is 471 g/mol. The van der Waals surface area contributed by atoms with Gasteiger partial charge in [0, 0.05) is 69.5 Å². The van der Waals surface area contributed by atoms with E-state index in [0.717, 1.165) is 77.5 Å². The lowest BCUT2D eigenvalue weighted by molar-refractivity contribution is 0.194. The Kier molecular flexibility index (Phi) is 5.14. The molecular formula is C27H30N6O2. The van der Waals surface area contributed by atoms with Gasteiger partial charge in [0.05, 0.1) is 47.3 Å². The third-order valence-electron chi connectivity index (χ3n) is 7.44. The van der Waals surface area contributed by atoms with Gasteiger partial charge in [-0.1, -0.05) is 0 Å². The van der Waals surface area contributed by atoms with Gasteiger partial charge >= 0.3 is 0 Å². The van der Waals surface area contributed by atoms with Crippen LogP contribution in [0.5, 0.6) is 0 Å². The molecule has 0 spiro atoms. The summed E-state index contributed by atoms with van der Waals surface area (Å²) in [6.07, 6.45) is 6.80. The zero-order valence-corrected chi connectivity index (χ0v) is 20.7. The van der Waals surface area contributed by atoms with Crippen LogP contribution in [0.15, 0.2) is 47.7 Å². The van der Waals surface area contributed by atoms with Crippen LogP contribution in [0.4, 0.5) is 17.1 Å². The minimum atomic E-state index is 0.0461. The monoisotopic (exact) mass is 470 g/mol. The molecule has 1 fully saturated rings. The molecule has 1 atom stereocenters. The number of aryl methyl sites for hydroxylation is 3. The van der Waals surface area contributed by atoms with E-state index in [1.54, 1.807) is 9.25 Å². The van der Waals surface area contributed by atoms with Gasteiger partial charge in [-0.25, -0.2) is 0 Å². The summed E-state index contributed by atoms with van der Waals surface area (Å²) in [5.74, 6) is 0.340. The highest BCUT2D eigenvalue weighted by Gasteiger charge is 2.27. The molecule has 1 saturated heterocycles. The Morgan fingerprint density at radius 2 is 1.86 bits per heavy atom. The normalized spacial score (nSPS) is 17.9. The number of nitrogens with zero attached hydrogens (tertiary/aromatic N) is 6. The molecule has 0 amide bonds. The Morgan fingerprint density at radius 3 is 2.60 bits per heavy atom. The van der Waals surface area contributed by atoms with Crippen LogP contribution >= 0.6 is 0 Å². The zero-order valence-electron chi connectivity index (χ0n) is 20.7. The fraction of sp³-hybridized carbons (Fsp3) is 0.370. The molecule has 6 rings (SSSR count). The number of hydrogen-bond donors (Lipinski definition) is 0. The summed E-state index contributed by atoms with van der Waals surface area (Å²) in [5.41, 5.74) is 8.21. The van der Waals surface area contributed by atoms with Gasteiger partial charge in [0.2, 0.25) is 0 Å². The van der Waals surface area contributed by atoms with Crippen molar-refractivity contribution in [2.45, 2.75) is 19.3 Å². The lowest BCUT2D eigenvalue weighted by Crippen LogP contribution is -2.37. The molecule has 2 aliphatic rings. The Bertz CT molecular complexity index is 1500. The Hall–Kier alpha value is -3.65. The number of hydrogen-bond acceptors (Lipinski definition) is 6. The molecule has 3 aromatic heterocycles. The number of rotatable bonds is 3. The van der Waals surface area contributed by atoms with Crippen molar-refractivity contribution in [3.05, 3.63) is 64.3 Å². The molecule has 2 aliphatic heterocycles. The van der Waals surface area contributed by atoms with E-state index in [9.17, 15) is 4.79 Å². The van der Waals surface area contributed by atoms with Crippen LogP contribution in [0.2, 0.25) is 0 Å². The quantitative estimate of drug-likeness (QED) is 0.455. The van der Waals surface area contributed by atoms with E-state index in [-0.39, 0.29) is 5.56 Å². The summed E-state index contributed by atoms with van der Waals surface area (Å²) in [6, 6.07) is 8.67. The van der Waals surface area contributed by atoms with Crippen LogP contribution in [0.25, 0.3) is 22.2 Å². The lowest BCUT2D eigenvalue weighted by atomic mass is 9.95. The van der Waals surface area contributed by atoms with Crippen LogP contribution in [-0.4, -0.2) is 52.7 Å². The van der Waals surface area contributed by atoms with E-state index in [2.05, 4.69) is 40.1 Å². The first kappa shape index (κ1) is 21.9. The number of pyridine rings is 2. The van der Waals surface area contributed by atoms with Crippen molar-refractivity contribution in [2.75, 3.05) is 43.2 Å². The van der Waals surface area contributed by atoms with E-state index < -0.39 is 0 Å². The largest absolute Gasteiger partial charge is 0.381 e. The van der Waals surface area contributed by atoms with Crippen LogP contribution in [0.1, 0.15) is 23.5 Å². The van der Waals surface area contributed by atoms with Crippen molar-refractivity contribution in [1.29, 1.82) is 0 Å². The lowest BCUT2D eigenvalue weighted by Gasteiger charge is -2.38. The third-order valence-corrected chi connectivity index (χ3v) is 7.44. The summed E-state index contributed by atoms with van der Waals surface area (Å²) in [6.45, 7) is 5.11. The Labute approximate surface area is 204 Å². The van der Waals surface area contributed by atoms with Crippen LogP contribution in [0, 0.1) is 6.92 Å². The first-order chi connectivity index (χ1) is 16.9. The molecule has 0 aliphatic carbocycles. The van der Waals surface area contributed by atoms with Crippen molar-refractivity contribution in [2.24, 2.45) is 14.1 Å². The summed E-state index contributed by atoms with van der Waals surface area (Å²) < 4.78 is 9.28. The Balaban J connectivity index is 1.55. The molecular weight excluding hydrogens is 440 g/mol. The molecule has 5 heterocycles. The van der Waals surface area contributed by atoms with Gasteiger partial charge in [-0.2, -0.15) is 5.10 Å². The molecule has 35 heavy (non-hydrogen) atoms. The van der Waals surface area contributed by atoms with E-state index in [4.69, 9.17) is 9.72 Å². The number of aromatic nitrogens is 4. The SMILES string of the molecule is Cc1cc2c(N3CCN(C)c4cc(-c5cnn(C)c5)ncc43)cc(C3CCOC3)cc2n(C)c1=O. The van der Waals surface area contributed by atoms with Crippen molar-refractivity contribution in [3.8, 4) is 11.3 Å². The molecule has 4 aromatic rings. The standard InChI is InChI=1S/C27H30N6O2/c1-17-9-21-23(32(4)27(17)34)10-19(18-5-8-35-16-18)11-24(21)33-7-6-30(2)25-12-22(28-14-26(25)33)20-13-29-31(3)15-20/h9-15,18H,5-8,16H2,1-4H3. The van der Waals surface area contributed by atoms with E-state index in [0.29, 0.717) is 5.92 Å². The molecule has 8 heteroatoms. The summed E-state index contributed by atoms with van der Waals surface area (Å²) in [4.78, 5) is 22.3. The van der Waals surface area contributed by atoms with E-state index >= 15 is 0 Å². The minimum Gasteiger partial charge on any atom is -0.381 e. The second-order valence-electron chi connectivity index (χ2n) is 9.76.